The standard InChI is InChI=1S/C21H21N5O3S/c1-14-12-23-25(2)19(14)30(28,29)26-11-9-21(18(26)15-6-5-10-22-13-15)16-7-3-4-8-17(16)24-20(21)27/h3-8,10,12-13,18H,9,11H2,1-2H3,(H,24,27). The monoisotopic (exact) mass is 423 g/mol. The topological polar surface area (TPSA) is 97.2 Å². The molecule has 4 heterocycles. The average Bonchev–Trinajstić information content (AvgIpc) is 3.38. The molecule has 8 nitrogen and oxygen atoms in total. The Bertz CT molecular complexity index is 1240. The zero-order chi connectivity index (χ0) is 21.1. The molecule has 0 bridgehead atoms. The van der Waals surface area contributed by atoms with Gasteiger partial charge in [0.2, 0.25) is 5.91 Å². The summed E-state index contributed by atoms with van der Waals surface area (Å²) in [6, 6.07) is 10.4. The maximum atomic E-state index is 13.8. The number of rotatable bonds is 3. The molecule has 9 heteroatoms. The summed E-state index contributed by atoms with van der Waals surface area (Å²) in [6.45, 7) is 1.94. The molecule has 0 saturated carbocycles. The Morgan fingerprint density at radius 3 is 2.67 bits per heavy atom. The maximum Gasteiger partial charge on any atom is 0.261 e. The molecule has 2 aliphatic rings. The van der Waals surface area contributed by atoms with Crippen molar-refractivity contribution < 1.29 is 13.2 Å². The molecule has 1 saturated heterocycles. The second-order valence-corrected chi connectivity index (χ2v) is 9.59. The predicted molar refractivity (Wildman–Crippen MR) is 110 cm³/mol. The third-order valence-corrected chi connectivity index (χ3v) is 8.24. The first-order valence-electron chi connectivity index (χ1n) is 9.68. The quantitative estimate of drug-likeness (QED) is 0.696. The van der Waals surface area contributed by atoms with Crippen molar-refractivity contribution in [2.45, 2.75) is 29.8 Å². The summed E-state index contributed by atoms with van der Waals surface area (Å²) in [5.74, 6) is -0.183. The number of nitrogens with zero attached hydrogens (tertiary/aromatic N) is 4. The Kier molecular flexibility index (Phi) is 4.09. The number of hydrogen-bond acceptors (Lipinski definition) is 5. The fourth-order valence-corrected chi connectivity index (χ4v) is 6.89. The molecule has 1 spiro atoms. The molecule has 1 aromatic carbocycles. The average molecular weight is 423 g/mol. The highest BCUT2D eigenvalue weighted by molar-refractivity contribution is 7.89. The highest BCUT2D eigenvalue weighted by Gasteiger charge is 2.61. The van der Waals surface area contributed by atoms with Crippen LogP contribution in [0, 0.1) is 6.92 Å². The summed E-state index contributed by atoms with van der Waals surface area (Å²) in [5.41, 5.74) is 1.79. The summed E-state index contributed by atoms with van der Waals surface area (Å²) in [7, 11) is -2.30. The van der Waals surface area contributed by atoms with Gasteiger partial charge in [-0.1, -0.05) is 24.3 Å². The van der Waals surface area contributed by atoms with Gasteiger partial charge in [0.15, 0.2) is 5.03 Å². The Morgan fingerprint density at radius 1 is 1.17 bits per heavy atom. The van der Waals surface area contributed by atoms with E-state index in [1.807, 2.05) is 30.3 Å². The van der Waals surface area contributed by atoms with E-state index < -0.39 is 21.5 Å². The predicted octanol–water partition coefficient (Wildman–Crippen LogP) is 2.15. The molecule has 2 aromatic heterocycles. The first-order chi connectivity index (χ1) is 14.4. The van der Waals surface area contributed by atoms with Crippen molar-refractivity contribution in [1.82, 2.24) is 19.1 Å². The number of carbonyl (C=O) groups is 1. The molecule has 30 heavy (non-hydrogen) atoms. The fourth-order valence-electron chi connectivity index (χ4n) is 4.92. The molecular weight excluding hydrogens is 402 g/mol. The zero-order valence-corrected chi connectivity index (χ0v) is 17.4. The van der Waals surface area contributed by atoms with Gasteiger partial charge in [-0.05, 0) is 36.6 Å². The Morgan fingerprint density at radius 2 is 1.97 bits per heavy atom. The van der Waals surface area contributed by atoms with E-state index in [4.69, 9.17) is 0 Å². The van der Waals surface area contributed by atoms with Gasteiger partial charge in [0.25, 0.3) is 10.0 Å². The van der Waals surface area contributed by atoms with Crippen LogP contribution < -0.4 is 5.32 Å². The molecule has 2 unspecified atom stereocenters. The molecule has 1 fully saturated rings. The van der Waals surface area contributed by atoms with Gasteiger partial charge in [-0.15, -0.1) is 0 Å². The Hall–Kier alpha value is -3.04. The van der Waals surface area contributed by atoms with Crippen LogP contribution in [0.15, 0.2) is 60.0 Å². The summed E-state index contributed by atoms with van der Waals surface area (Å²) < 4.78 is 30.4. The van der Waals surface area contributed by atoms with E-state index in [0.717, 1.165) is 11.3 Å². The van der Waals surface area contributed by atoms with Crippen molar-refractivity contribution in [1.29, 1.82) is 0 Å². The van der Waals surface area contributed by atoms with E-state index in [-0.39, 0.29) is 17.5 Å². The highest BCUT2D eigenvalue weighted by Crippen LogP contribution is 2.55. The number of pyridine rings is 1. The first kappa shape index (κ1) is 19.0. The number of benzene rings is 1. The van der Waals surface area contributed by atoms with Gasteiger partial charge in [-0.3, -0.25) is 14.5 Å². The minimum atomic E-state index is -3.92. The minimum absolute atomic E-state index is 0.139. The van der Waals surface area contributed by atoms with Crippen LogP contribution in [0.4, 0.5) is 5.69 Å². The van der Waals surface area contributed by atoms with Crippen LogP contribution in [0.5, 0.6) is 0 Å². The smallest absolute Gasteiger partial charge is 0.261 e. The lowest BCUT2D eigenvalue weighted by atomic mass is 9.73. The van der Waals surface area contributed by atoms with Gasteiger partial charge in [0.05, 0.1) is 17.7 Å². The number of para-hydroxylation sites is 1. The van der Waals surface area contributed by atoms with Crippen molar-refractivity contribution in [2.75, 3.05) is 11.9 Å². The molecule has 0 radical (unpaired) electrons. The van der Waals surface area contributed by atoms with Gasteiger partial charge >= 0.3 is 0 Å². The number of nitrogens with one attached hydrogen (secondary N) is 1. The summed E-state index contributed by atoms with van der Waals surface area (Å²) in [4.78, 5) is 17.6. The lowest BCUT2D eigenvalue weighted by molar-refractivity contribution is -0.121. The van der Waals surface area contributed by atoms with Crippen LogP contribution in [-0.2, 0) is 27.3 Å². The second-order valence-electron chi connectivity index (χ2n) is 7.78. The maximum absolute atomic E-state index is 13.8. The fraction of sp³-hybridized carbons (Fsp3) is 0.286. The molecular formula is C21H21N5O3S. The number of carbonyl (C=O) groups excluding carboxylic acids is 1. The van der Waals surface area contributed by atoms with E-state index in [0.29, 0.717) is 17.5 Å². The molecule has 3 aromatic rings. The molecule has 0 aliphatic carbocycles. The van der Waals surface area contributed by atoms with Gasteiger partial charge in [0, 0.05) is 37.2 Å². The van der Waals surface area contributed by atoms with E-state index in [9.17, 15) is 13.2 Å². The number of anilines is 1. The van der Waals surface area contributed by atoms with Crippen molar-refractivity contribution >= 4 is 21.6 Å². The van der Waals surface area contributed by atoms with E-state index >= 15 is 0 Å². The van der Waals surface area contributed by atoms with Gasteiger partial charge in [-0.25, -0.2) is 8.42 Å². The van der Waals surface area contributed by atoms with Crippen LogP contribution >= 0.6 is 0 Å². The van der Waals surface area contributed by atoms with E-state index in [2.05, 4.69) is 15.4 Å². The second kappa shape index (κ2) is 6.48. The van der Waals surface area contributed by atoms with Gasteiger partial charge in [0.1, 0.15) is 0 Å². The molecule has 2 atom stereocenters. The number of aromatic nitrogens is 3. The van der Waals surface area contributed by atoms with Gasteiger partial charge < -0.3 is 5.32 Å². The van der Waals surface area contributed by atoms with E-state index in [1.165, 1.54) is 15.2 Å². The number of aryl methyl sites for hydroxylation is 2. The molecule has 154 valence electrons. The normalized spacial score (nSPS) is 23.7. The Labute approximate surface area is 174 Å². The SMILES string of the molecule is Cc1cnn(C)c1S(=O)(=O)N1CCC2(C(=O)Nc3ccccc32)C1c1cccnc1. The van der Waals surface area contributed by atoms with Crippen molar-refractivity contribution in [2.24, 2.45) is 7.05 Å². The number of sulfonamides is 1. The van der Waals surface area contributed by atoms with Gasteiger partial charge in [-0.2, -0.15) is 9.40 Å². The third kappa shape index (κ3) is 2.42. The minimum Gasteiger partial charge on any atom is -0.325 e. The van der Waals surface area contributed by atoms with Crippen LogP contribution in [0.1, 0.15) is 29.2 Å². The first-order valence-corrected chi connectivity index (χ1v) is 11.1. The van der Waals surface area contributed by atoms with Crippen molar-refractivity contribution in [3.63, 3.8) is 0 Å². The van der Waals surface area contributed by atoms with Crippen LogP contribution in [0.2, 0.25) is 0 Å². The largest absolute Gasteiger partial charge is 0.325 e. The zero-order valence-electron chi connectivity index (χ0n) is 16.6. The summed E-state index contributed by atoms with van der Waals surface area (Å²) in [6.07, 6.45) is 5.20. The van der Waals surface area contributed by atoms with Crippen molar-refractivity contribution in [3.05, 3.63) is 71.7 Å². The lowest BCUT2D eigenvalue weighted by Gasteiger charge is -2.33. The number of hydrogen-bond donors (Lipinski definition) is 1. The third-order valence-electron chi connectivity index (χ3n) is 6.15. The van der Waals surface area contributed by atoms with E-state index in [1.54, 1.807) is 32.4 Å². The molecule has 1 N–H and O–H groups in total. The number of amides is 1. The van der Waals surface area contributed by atoms with Crippen LogP contribution in [0.3, 0.4) is 0 Å². The van der Waals surface area contributed by atoms with Crippen LogP contribution in [0.25, 0.3) is 0 Å². The molecule has 1 amide bonds. The molecule has 2 aliphatic heterocycles. The van der Waals surface area contributed by atoms with Crippen molar-refractivity contribution in [3.8, 4) is 0 Å². The van der Waals surface area contributed by atoms with Crippen LogP contribution in [-0.4, -0.2) is 39.9 Å². The number of fused-ring (bicyclic) bond motifs is 2. The summed E-state index contributed by atoms with van der Waals surface area (Å²) in [5, 5.41) is 7.21. The Balaban J connectivity index is 1.74. The summed E-state index contributed by atoms with van der Waals surface area (Å²) >= 11 is 0. The highest BCUT2D eigenvalue weighted by atomic mass is 32.2. The lowest BCUT2D eigenvalue weighted by Crippen LogP contribution is -2.43. The molecule has 5 rings (SSSR count).